The lowest BCUT2D eigenvalue weighted by atomic mass is 10.1. The highest BCUT2D eigenvalue weighted by atomic mass is 31.2. The fourth-order valence-corrected chi connectivity index (χ4v) is 11.5. The number of aliphatic hydroxyl groups is 2. The van der Waals surface area contributed by atoms with Gasteiger partial charge in [0.15, 0.2) is 6.10 Å². The number of carbonyl (C=O) groups excluding carboxylic acids is 3. The maximum atomic E-state index is 13.0. The second-order valence-corrected chi connectivity index (χ2v) is 29.0. The van der Waals surface area contributed by atoms with Gasteiger partial charge in [-0.05, 0) is 167 Å². The van der Waals surface area contributed by atoms with Crippen LogP contribution in [0.4, 0.5) is 0 Å². The highest BCUT2D eigenvalue weighted by Gasteiger charge is 2.29. The number of phosphoric ester groups is 2. The van der Waals surface area contributed by atoms with Gasteiger partial charge < -0.3 is 34.2 Å². The highest BCUT2D eigenvalue weighted by molar-refractivity contribution is 7.47. The molecule has 0 aromatic carbocycles. The Hall–Kier alpha value is -5.87. The van der Waals surface area contributed by atoms with Gasteiger partial charge in [-0.1, -0.05) is 298 Å². The van der Waals surface area contributed by atoms with Gasteiger partial charge in [-0.3, -0.25) is 32.5 Å². The van der Waals surface area contributed by atoms with E-state index in [1.165, 1.54) is 25.7 Å². The number of allylic oxidation sites excluding steroid dienone is 34. The van der Waals surface area contributed by atoms with Gasteiger partial charge in [-0.15, -0.1) is 0 Å². The second kappa shape index (κ2) is 79.7. The Morgan fingerprint density at radius 1 is 0.262 bits per heavy atom. The first-order valence-electron chi connectivity index (χ1n) is 40.4. The predicted molar refractivity (Wildman–Crippen MR) is 444 cm³/mol. The first-order valence-corrected chi connectivity index (χ1v) is 43.4. The Balaban J connectivity index is 4.77. The van der Waals surface area contributed by atoms with Crippen LogP contribution in [0.15, 0.2) is 207 Å². The topological polar surface area (TPSA) is 231 Å². The normalized spacial score (nSPS) is 15.0. The summed E-state index contributed by atoms with van der Waals surface area (Å²) in [6.45, 7) is 2.24. The van der Waals surface area contributed by atoms with Crippen molar-refractivity contribution >= 4 is 33.6 Å². The van der Waals surface area contributed by atoms with E-state index in [0.29, 0.717) is 25.7 Å². The van der Waals surface area contributed by atoms with Crippen molar-refractivity contribution in [1.29, 1.82) is 0 Å². The number of ether oxygens (including phenoxy) is 3. The maximum absolute atomic E-state index is 13.0. The molecule has 18 heteroatoms. The Morgan fingerprint density at radius 3 is 0.757 bits per heavy atom. The summed E-state index contributed by atoms with van der Waals surface area (Å²) in [5, 5.41) is 20.7. The number of phosphoric acid groups is 2. The number of rotatable bonds is 74. The smallest absolute Gasteiger partial charge is 0.463 e. The molecule has 0 heterocycles. The number of carbonyl (C=O) groups is 3. The molecule has 0 saturated carbocycles. The summed E-state index contributed by atoms with van der Waals surface area (Å²) in [4.78, 5) is 58.8. The monoisotopic (exact) mass is 1530 g/mol. The van der Waals surface area contributed by atoms with E-state index in [1.807, 2.05) is 0 Å². The van der Waals surface area contributed by atoms with Crippen molar-refractivity contribution in [3.63, 3.8) is 0 Å². The first-order chi connectivity index (χ1) is 52.2. The summed E-state index contributed by atoms with van der Waals surface area (Å²) in [6, 6.07) is 0. The third kappa shape index (κ3) is 81.0. The first kappa shape index (κ1) is 101. The van der Waals surface area contributed by atoms with Crippen LogP contribution in [0.2, 0.25) is 0 Å². The van der Waals surface area contributed by atoms with Crippen molar-refractivity contribution in [3.8, 4) is 0 Å². The minimum Gasteiger partial charge on any atom is -0.463 e. The van der Waals surface area contributed by atoms with Crippen molar-refractivity contribution < 1.29 is 75.8 Å². The van der Waals surface area contributed by atoms with E-state index < -0.39 is 91.5 Å². The molecule has 0 rings (SSSR count). The van der Waals surface area contributed by atoms with E-state index in [9.17, 15) is 43.5 Å². The van der Waals surface area contributed by atoms with Crippen molar-refractivity contribution in [2.75, 3.05) is 39.6 Å². The number of hydrogen-bond donors (Lipinski definition) is 4. The van der Waals surface area contributed by atoms with Crippen LogP contribution in [-0.4, -0.2) is 95.9 Å². The molecule has 5 unspecified atom stereocenters. The molecule has 0 radical (unpaired) electrons. The van der Waals surface area contributed by atoms with E-state index in [0.717, 1.165) is 186 Å². The zero-order valence-corrected chi connectivity index (χ0v) is 67.8. The molecule has 4 N–H and O–H groups in total. The minimum absolute atomic E-state index is 0.0390. The molecule has 107 heavy (non-hydrogen) atoms. The quantitative estimate of drug-likeness (QED) is 0.0146. The molecule has 604 valence electrons. The van der Waals surface area contributed by atoms with E-state index in [-0.39, 0.29) is 19.3 Å². The molecular formula is C89H142O16P2. The van der Waals surface area contributed by atoms with E-state index in [4.69, 9.17) is 32.3 Å². The highest BCUT2D eigenvalue weighted by Crippen LogP contribution is 2.45. The molecule has 16 nitrogen and oxygen atoms in total. The molecule has 5 atom stereocenters. The minimum atomic E-state index is -4.96. The fourth-order valence-electron chi connectivity index (χ4n) is 9.96. The van der Waals surface area contributed by atoms with Crippen LogP contribution in [0.25, 0.3) is 0 Å². The van der Waals surface area contributed by atoms with Crippen LogP contribution in [0.3, 0.4) is 0 Å². The zero-order chi connectivity index (χ0) is 78.0. The average molecular weight is 1530 g/mol. The lowest BCUT2D eigenvalue weighted by molar-refractivity contribution is -0.161. The van der Waals surface area contributed by atoms with Crippen LogP contribution >= 0.6 is 15.6 Å². The molecule has 0 spiro atoms. The lowest BCUT2D eigenvalue weighted by Gasteiger charge is -2.21. The molecular weight excluding hydrogens is 1390 g/mol. The maximum Gasteiger partial charge on any atom is 0.472 e. The molecule has 0 fully saturated rings. The molecule has 0 saturated heterocycles. The third-order valence-corrected chi connectivity index (χ3v) is 17.9. The molecule has 0 aliphatic rings. The summed E-state index contributed by atoms with van der Waals surface area (Å²) in [7, 11) is -9.84. The number of esters is 3. The van der Waals surface area contributed by atoms with Crippen molar-refractivity contribution in [2.24, 2.45) is 0 Å². The van der Waals surface area contributed by atoms with Crippen LogP contribution in [0, 0.1) is 0 Å². The van der Waals surface area contributed by atoms with E-state index in [2.05, 4.69) is 227 Å². The molecule has 0 aliphatic carbocycles. The van der Waals surface area contributed by atoms with Crippen molar-refractivity contribution in [1.82, 2.24) is 0 Å². The van der Waals surface area contributed by atoms with Gasteiger partial charge in [0.1, 0.15) is 25.4 Å². The molecule has 0 aromatic heterocycles. The zero-order valence-electron chi connectivity index (χ0n) is 66.0. The van der Waals surface area contributed by atoms with Gasteiger partial charge in [-0.25, -0.2) is 9.13 Å². The average Bonchev–Trinajstić information content (AvgIpc) is 0.904. The summed E-state index contributed by atoms with van der Waals surface area (Å²) < 4.78 is 61.2. The van der Waals surface area contributed by atoms with Gasteiger partial charge >= 0.3 is 33.6 Å². The van der Waals surface area contributed by atoms with Crippen LogP contribution in [0.5, 0.6) is 0 Å². The van der Waals surface area contributed by atoms with Gasteiger partial charge in [0.05, 0.1) is 26.4 Å². The molecule has 0 aromatic rings. The lowest BCUT2D eigenvalue weighted by Crippen LogP contribution is -2.30. The summed E-state index contributed by atoms with van der Waals surface area (Å²) in [6.07, 6.45) is 106. The SMILES string of the molecule is CC/C=C\C/C=C\C/C=C\C/C=C\C/C=C\C/C=C\CCCCCCCCC(=O)OCC(O)COP(=O)(O)OCC(O)COP(=O)(O)OCC(COC(=O)CCCCCCCCCCC/C=C\C/C=C\C/C=C\C/C=C\C/C=C\CC)OC(=O)CCCC/C=C\C/C=C\C/C=C\C/C=C\C/C=C\C/C=C\CC. The number of hydrogen-bond acceptors (Lipinski definition) is 14. The third-order valence-electron chi connectivity index (χ3n) is 16.0. The summed E-state index contributed by atoms with van der Waals surface area (Å²) in [5.41, 5.74) is 0. The second-order valence-electron chi connectivity index (χ2n) is 26.1. The predicted octanol–water partition coefficient (Wildman–Crippen LogP) is 24.1. The number of unbranched alkanes of at least 4 members (excludes halogenated alkanes) is 17. The van der Waals surface area contributed by atoms with Crippen LogP contribution in [0.1, 0.15) is 278 Å². The molecule has 0 aliphatic heterocycles. The van der Waals surface area contributed by atoms with Gasteiger partial charge in [0.2, 0.25) is 0 Å². The van der Waals surface area contributed by atoms with Crippen LogP contribution < -0.4 is 0 Å². The largest absolute Gasteiger partial charge is 0.472 e. The van der Waals surface area contributed by atoms with Gasteiger partial charge in [-0.2, -0.15) is 0 Å². The van der Waals surface area contributed by atoms with Crippen molar-refractivity contribution in [2.45, 2.75) is 296 Å². The summed E-state index contributed by atoms with van der Waals surface area (Å²) >= 11 is 0. The number of aliphatic hydroxyl groups excluding tert-OH is 2. The Morgan fingerprint density at radius 2 is 0.467 bits per heavy atom. The summed E-state index contributed by atoms with van der Waals surface area (Å²) in [5.74, 6) is -1.66. The molecule has 0 bridgehead atoms. The van der Waals surface area contributed by atoms with Crippen LogP contribution in [-0.2, 0) is 55.8 Å². The fraction of sp³-hybridized carbons (Fsp3) is 0.584. The molecule has 0 amide bonds. The Labute approximate surface area is 648 Å². The standard InChI is InChI=1S/C89H142O16P2/c1-4-7-10-13-16-19-22-25-28-31-34-37-39-41-43-46-48-51-54-57-60-63-66-69-72-75-87(92)99-78-84(90)79-101-106(95,96)102-80-85(91)81-103-107(97,98)104-83-86(105-89(94)77-74-71-68-65-62-59-56-53-50-45-36-33-30-27-24-21-18-15-12-9-6-3)82-100-88(93)76-73-70-67-64-61-58-55-52-49-47-44-42-40-38-35-32-29-26-23-20-17-14-11-8-5-2/h7-12,16-21,25-30,34-38,41-45,48,51,53,56,62,65,84-86,90-91H,4-6,13-15,22-24,31-33,39-40,46-47,49-50,52,54-55,57-61,63-64,66-83H2,1-3H3,(H,95,96)(H,97,98)/b10-7-,11-8-,12-9-,19-16-,20-17-,21-18-,28-25-,29-26-,30-27-,37-34-,38-35-,43-41-,44-42-,45-36-,51-48-,56-53-,65-62-. The van der Waals surface area contributed by atoms with Gasteiger partial charge in [0.25, 0.3) is 0 Å². The Kier molecular flexibility index (Phi) is 75.3. The van der Waals surface area contributed by atoms with E-state index >= 15 is 0 Å². The van der Waals surface area contributed by atoms with Gasteiger partial charge in [0, 0.05) is 19.3 Å². The van der Waals surface area contributed by atoms with E-state index in [1.54, 1.807) is 0 Å². The Bertz CT molecular complexity index is 2770. The van der Waals surface area contributed by atoms with Crippen molar-refractivity contribution in [3.05, 3.63) is 207 Å².